The van der Waals surface area contributed by atoms with Gasteiger partial charge in [0.2, 0.25) is 0 Å². The van der Waals surface area contributed by atoms with Gasteiger partial charge in [0.1, 0.15) is 9.90 Å². The number of sulfone groups is 1. The van der Waals surface area contributed by atoms with Crippen LogP contribution in [0.1, 0.15) is 21.5 Å². The van der Waals surface area contributed by atoms with E-state index in [0.29, 0.717) is 16.1 Å². The van der Waals surface area contributed by atoms with Gasteiger partial charge in [-0.25, -0.2) is 8.42 Å². The van der Waals surface area contributed by atoms with E-state index < -0.39 is 9.84 Å². The summed E-state index contributed by atoms with van der Waals surface area (Å²) in [5, 5.41) is 11.1. The van der Waals surface area contributed by atoms with Gasteiger partial charge < -0.3 is 0 Å². The number of nitriles is 1. The number of carbonyl (C=O) groups is 1. The van der Waals surface area contributed by atoms with Crippen LogP contribution in [0.3, 0.4) is 0 Å². The molecule has 1 aliphatic heterocycles. The second-order valence-corrected chi connectivity index (χ2v) is 7.98. The van der Waals surface area contributed by atoms with Crippen LogP contribution in [-0.4, -0.2) is 26.6 Å². The molecule has 0 radical (unpaired) electrons. The Hall–Kier alpha value is -2.17. The molecule has 2 aromatic rings. The van der Waals surface area contributed by atoms with Gasteiger partial charge in [0.05, 0.1) is 17.4 Å². The minimum absolute atomic E-state index is 0.0839. The van der Waals surface area contributed by atoms with Gasteiger partial charge in [0.25, 0.3) is 5.91 Å². The number of amides is 1. The standard InChI is InChI=1S/C15H12N2O3S2/c1-10-2-3-11(9-16)8-12(10)14(18)17-5-7-22(19,20)13-4-6-21-15(13)17/h2-4,6,8H,5,7H2,1H3. The molecule has 0 bridgehead atoms. The summed E-state index contributed by atoms with van der Waals surface area (Å²) < 4.78 is 24.1. The van der Waals surface area contributed by atoms with Crippen LogP contribution >= 0.6 is 11.3 Å². The number of benzene rings is 1. The third kappa shape index (κ3) is 2.30. The van der Waals surface area contributed by atoms with Crippen molar-refractivity contribution >= 4 is 32.1 Å². The van der Waals surface area contributed by atoms with E-state index in [9.17, 15) is 13.2 Å². The second-order valence-electron chi connectivity index (χ2n) is 5.01. The quantitative estimate of drug-likeness (QED) is 0.803. The average molecular weight is 332 g/mol. The smallest absolute Gasteiger partial charge is 0.259 e. The normalized spacial score (nSPS) is 15.9. The van der Waals surface area contributed by atoms with Gasteiger partial charge in [-0.1, -0.05) is 6.07 Å². The molecule has 0 N–H and O–H groups in total. The van der Waals surface area contributed by atoms with E-state index >= 15 is 0 Å². The Bertz CT molecular complexity index is 907. The van der Waals surface area contributed by atoms with Crippen molar-refractivity contribution in [1.29, 1.82) is 5.26 Å². The van der Waals surface area contributed by atoms with Crippen LogP contribution in [0.5, 0.6) is 0 Å². The number of nitrogens with zero attached hydrogens (tertiary/aromatic N) is 2. The molecule has 0 saturated carbocycles. The molecule has 0 aliphatic carbocycles. The van der Waals surface area contributed by atoms with Gasteiger partial charge in [-0.3, -0.25) is 9.69 Å². The first-order chi connectivity index (χ1) is 10.4. The van der Waals surface area contributed by atoms with Crippen molar-refractivity contribution in [3.63, 3.8) is 0 Å². The van der Waals surface area contributed by atoms with E-state index in [0.717, 1.165) is 5.56 Å². The maximum absolute atomic E-state index is 12.8. The predicted molar refractivity (Wildman–Crippen MR) is 83.9 cm³/mol. The van der Waals surface area contributed by atoms with Gasteiger partial charge in [-0.2, -0.15) is 5.26 Å². The Morgan fingerprint density at radius 2 is 2.14 bits per heavy atom. The number of carbonyl (C=O) groups excluding carboxylic acids is 1. The van der Waals surface area contributed by atoms with E-state index in [4.69, 9.17) is 5.26 Å². The summed E-state index contributed by atoms with van der Waals surface area (Å²) in [5.74, 6) is -0.354. The highest BCUT2D eigenvalue weighted by Gasteiger charge is 2.33. The van der Waals surface area contributed by atoms with Crippen molar-refractivity contribution in [1.82, 2.24) is 0 Å². The number of hydrogen-bond acceptors (Lipinski definition) is 5. The number of hydrogen-bond donors (Lipinski definition) is 0. The number of aryl methyl sites for hydroxylation is 1. The maximum atomic E-state index is 12.8. The summed E-state index contributed by atoms with van der Waals surface area (Å²) in [4.78, 5) is 14.5. The lowest BCUT2D eigenvalue weighted by molar-refractivity contribution is 0.0987. The monoisotopic (exact) mass is 332 g/mol. The zero-order valence-electron chi connectivity index (χ0n) is 11.7. The molecule has 0 fully saturated rings. The van der Waals surface area contributed by atoms with Crippen molar-refractivity contribution in [3.05, 3.63) is 46.3 Å². The Morgan fingerprint density at radius 1 is 1.36 bits per heavy atom. The Labute approximate surface area is 132 Å². The summed E-state index contributed by atoms with van der Waals surface area (Å²) >= 11 is 1.24. The molecule has 7 heteroatoms. The van der Waals surface area contributed by atoms with Crippen molar-refractivity contribution in [2.75, 3.05) is 17.2 Å². The fourth-order valence-electron chi connectivity index (χ4n) is 2.41. The van der Waals surface area contributed by atoms with Crippen LogP contribution < -0.4 is 4.90 Å². The van der Waals surface area contributed by atoms with Crippen LogP contribution in [0, 0.1) is 18.3 Å². The van der Waals surface area contributed by atoms with E-state index in [2.05, 4.69) is 0 Å². The van der Waals surface area contributed by atoms with Crippen molar-refractivity contribution < 1.29 is 13.2 Å². The number of thiophene rings is 1. The average Bonchev–Trinajstić information content (AvgIpc) is 2.98. The third-order valence-corrected chi connectivity index (χ3v) is 6.40. The van der Waals surface area contributed by atoms with Crippen LogP contribution in [0.2, 0.25) is 0 Å². The molecular formula is C15H12N2O3S2. The molecule has 1 aromatic heterocycles. The minimum Gasteiger partial charge on any atom is -0.298 e. The highest BCUT2D eigenvalue weighted by Crippen LogP contribution is 2.36. The Morgan fingerprint density at radius 3 is 2.86 bits per heavy atom. The van der Waals surface area contributed by atoms with Gasteiger partial charge in [0, 0.05) is 12.1 Å². The molecule has 0 saturated heterocycles. The van der Waals surface area contributed by atoms with E-state index in [1.54, 1.807) is 30.5 Å². The lowest BCUT2D eigenvalue weighted by atomic mass is 10.0. The summed E-state index contributed by atoms with van der Waals surface area (Å²) in [6.07, 6.45) is 0. The van der Waals surface area contributed by atoms with Gasteiger partial charge in [-0.15, -0.1) is 11.3 Å². The molecule has 3 rings (SSSR count). The van der Waals surface area contributed by atoms with E-state index in [1.165, 1.54) is 22.3 Å². The highest BCUT2D eigenvalue weighted by atomic mass is 32.2. The van der Waals surface area contributed by atoms with Crippen LogP contribution in [-0.2, 0) is 9.84 Å². The van der Waals surface area contributed by atoms with Gasteiger partial charge in [0.15, 0.2) is 9.84 Å². The predicted octanol–water partition coefficient (Wildman–Crippen LogP) is 2.36. The zero-order chi connectivity index (χ0) is 15.9. The molecule has 22 heavy (non-hydrogen) atoms. The molecule has 0 unspecified atom stereocenters. The molecule has 112 valence electrons. The van der Waals surface area contributed by atoms with Crippen LogP contribution in [0.4, 0.5) is 5.00 Å². The highest BCUT2D eigenvalue weighted by molar-refractivity contribution is 7.91. The molecule has 2 heterocycles. The lowest BCUT2D eigenvalue weighted by Crippen LogP contribution is -2.39. The fourth-order valence-corrected chi connectivity index (χ4v) is 5.13. The van der Waals surface area contributed by atoms with E-state index in [1.807, 2.05) is 6.07 Å². The molecule has 1 amide bonds. The molecule has 5 nitrogen and oxygen atoms in total. The van der Waals surface area contributed by atoms with Gasteiger partial charge >= 0.3 is 0 Å². The van der Waals surface area contributed by atoms with Crippen LogP contribution in [0.15, 0.2) is 34.5 Å². The summed E-state index contributed by atoms with van der Waals surface area (Å²) in [6, 6.07) is 8.48. The first kappa shape index (κ1) is 14.8. The lowest BCUT2D eigenvalue weighted by Gasteiger charge is -2.27. The summed E-state index contributed by atoms with van der Waals surface area (Å²) in [7, 11) is -3.31. The third-order valence-electron chi connectivity index (χ3n) is 3.62. The SMILES string of the molecule is Cc1ccc(C#N)cc1C(=O)N1CCS(=O)(=O)c2ccsc21. The first-order valence-corrected chi connectivity index (χ1v) is 9.10. The molecule has 1 aromatic carbocycles. The number of fused-ring (bicyclic) bond motifs is 1. The minimum atomic E-state index is -3.31. The van der Waals surface area contributed by atoms with Crippen molar-refractivity contribution in [3.8, 4) is 6.07 Å². The Balaban J connectivity index is 2.07. The first-order valence-electron chi connectivity index (χ1n) is 6.57. The second kappa shape index (κ2) is 5.23. The largest absolute Gasteiger partial charge is 0.298 e. The van der Waals surface area contributed by atoms with E-state index in [-0.39, 0.29) is 23.1 Å². The molecule has 0 spiro atoms. The van der Waals surface area contributed by atoms with Crippen molar-refractivity contribution in [2.45, 2.75) is 11.8 Å². The topological polar surface area (TPSA) is 78.2 Å². The van der Waals surface area contributed by atoms with Crippen molar-refractivity contribution in [2.24, 2.45) is 0 Å². The maximum Gasteiger partial charge on any atom is 0.259 e. The zero-order valence-corrected chi connectivity index (χ0v) is 13.4. The Kier molecular flexibility index (Phi) is 3.51. The molecule has 1 aliphatic rings. The number of anilines is 1. The van der Waals surface area contributed by atoms with Crippen LogP contribution in [0.25, 0.3) is 0 Å². The summed E-state index contributed by atoms with van der Waals surface area (Å²) in [5.41, 5.74) is 1.60. The van der Waals surface area contributed by atoms with Gasteiger partial charge in [-0.05, 0) is 36.1 Å². The molecule has 0 atom stereocenters. The summed E-state index contributed by atoms with van der Waals surface area (Å²) in [6.45, 7) is 1.93. The number of rotatable bonds is 1. The molecular weight excluding hydrogens is 320 g/mol. The fraction of sp³-hybridized carbons (Fsp3) is 0.200.